The van der Waals surface area contributed by atoms with Gasteiger partial charge in [-0.2, -0.15) is 0 Å². The number of halogens is 1. The Balaban J connectivity index is 1.44. The number of H-pyrrole nitrogens is 1. The molecule has 8 nitrogen and oxygen atoms in total. The van der Waals surface area contributed by atoms with E-state index in [1.807, 2.05) is 48.5 Å². The Morgan fingerprint density at radius 1 is 1.12 bits per heavy atom. The maximum Gasteiger partial charge on any atom is 0.313 e. The van der Waals surface area contributed by atoms with Gasteiger partial charge in [-0.3, -0.25) is 20.0 Å². The second-order valence-electron chi connectivity index (χ2n) is 7.80. The molecular formula is C25H18ClN3O5. The van der Waals surface area contributed by atoms with Crippen molar-refractivity contribution in [1.29, 1.82) is 0 Å². The van der Waals surface area contributed by atoms with Crippen LogP contribution in [0, 0.1) is 10.1 Å². The first-order chi connectivity index (χ1) is 16.5. The van der Waals surface area contributed by atoms with Crippen LogP contribution < -0.4 is 9.47 Å². The molecule has 0 fully saturated rings. The average molecular weight is 476 g/mol. The number of rotatable bonds is 6. The van der Waals surface area contributed by atoms with Crippen LogP contribution in [0.4, 0.5) is 5.69 Å². The molecule has 2 heterocycles. The number of aromatic amines is 1. The Kier molecular flexibility index (Phi) is 5.73. The number of non-ortho nitro benzene ring substituents is 1. The molecule has 5 rings (SSSR count). The molecule has 0 unspecified atom stereocenters. The molecule has 0 amide bonds. The third-order valence-electron chi connectivity index (χ3n) is 5.68. The molecule has 9 heteroatoms. The molecule has 0 bridgehead atoms. The second-order valence-corrected chi connectivity index (χ2v) is 8.21. The van der Waals surface area contributed by atoms with Crippen molar-refractivity contribution in [2.24, 2.45) is 0 Å². The van der Waals surface area contributed by atoms with Gasteiger partial charge in [0.05, 0.1) is 22.6 Å². The number of nitrogens with one attached hydrogen (secondary N) is 1. The standard InChI is InChI=1S/C25H18ClN3O5/c26-21-7-2-1-4-17(21)14-33-19-10-8-15(9-11-19)20-13-22(30)34-25-23(20)24(27-28-25)16-5-3-6-18(12-16)29(31)32/h1-12,20H,13-14H2,(H,27,28)/t20-/m0/s1. The summed E-state index contributed by atoms with van der Waals surface area (Å²) < 4.78 is 11.2. The number of fused-ring (bicyclic) bond motifs is 1. The topological polar surface area (TPSA) is 107 Å². The Labute approximate surface area is 199 Å². The fourth-order valence-corrected chi connectivity index (χ4v) is 4.20. The van der Waals surface area contributed by atoms with Crippen LogP contribution in [-0.4, -0.2) is 21.1 Å². The number of nitro benzene ring substituents is 1. The van der Waals surface area contributed by atoms with Gasteiger partial charge in [-0.15, -0.1) is 5.10 Å². The van der Waals surface area contributed by atoms with Crippen molar-refractivity contribution < 1.29 is 19.2 Å². The zero-order chi connectivity index (χ0) is 23.7. The van der Waals surface area contributed by atoms with E-state index in [1.54, 1.807) is 12.1 Å². The Morgan fingerprint density at radius 3 is 2.68 bits per heavy atom. The molecule has 0 saturated carbocycles. The summed E-state index contributed by atoms with van der Waals surface area (Å²) in [6, 6.07) is 21.2. The van der Waals surface area contributed by atoms with Gasteiger partial charge in [0.2, 0.25) is 5.88 Å². The average Bonchev–Trinajstić information content (AvgIpc) is 3.27. The van der Waals surface area contributed by atoms with E-state index < -0.39 is 10.9 Å². The molecule has 0 saturated heterocycles. The van der Waals surface area contributed by atoms with E-state index in [4.69, 9.17) is 21.1 Å². The molecule has 1 aliphatic rings. The van der Waals surface area contributed by atoms with Crippen LogP contribution in [0.25, 0.3) is 11.3 Å². The van der Waals surface area contributed by atoms with E-state index in [9.17, 15) is 14.9 Å². The molecule has 3 aromatic carbocycles. The fourth-order valence-electron chi connectivity index (χ4n) is 4.01. The van der Waals surface area contributed by atoms with Gasteiger partial charge < -0.3 is 9.47 Å². The summed E-state index contributed by atoms with van der Waals surface area (Å²) in [7, 11) is 0. The van der Waals surface area contributed by atoms with Gasteiger partial charge in [-0.05, 0) is 23.8 Å². The Bertz CT molecular complexity index is 1380. The van der Waals surface area contributed by atoms with Gasteiger partial charge >= 0.3 is 5.97 Å². The SMILES string of the molecule is O=C1C[C@@H](c2ccc(OCc3ccccc3Cl)cc2)c2c(n[nH]c2-c2cccc([N+](=O)[O-])c2)O1. The van der Waals surface area contributed by atoms with E-state index >= 15 is 0 Å². The van der Waals surface area contributed by atoms with Crippen LogP contribution in [0.1, 0.15) is 29.0 Å². The van der Waals surface area contributed by atoms with Crippen LogP contribution in [0.15, 0.2) is 72.8 Å². The summed E-state index contributed by atoms with van der Waals surface area (Å²) >= 11 is 6.19. The molecule has 1 atom stereocenters. The predicted molar refractivity (Wildman–Crippen MR) is 125 cm³/mol. The lowest BCUT2D eigenvalue weighted by atomic mass is 9.85. The Morgan fingerprint density at radius 2 is 1.91 bits per heavy atom. The van der Waals surface area contributed by atoms with Gasteiger partial charge in [0.15, 0.2) is 0 Å². The van der Waals surface area contributed by atoms with E-state index in [2.05, 4.69) is 10.2 Å². The third kappa shape index (κ3) is 4.23. The van der Waals surface area contributed by atoms with Crippen molar-refractivity contribution >= 4 is 23.3 Å². The highest BCUT2D eigenvalue weighted by atomic mass is 35.5. The highest BCUT2D eigenvalue weighted by molar-refractivity contribution is 6.31. The maximum absolute atomic E-state index is 12.3. The van der Waals surface area contributed by atoms with Crippen molar-refractivity contribution in [3.05, 3.63) is 105 Å². The normalized spacial score (nSPS) is 14.9. The van der Waals surface area contributed by atoms with Gasteiger partial charge in [0, 0.05) is 34.2 Å². The number of hydrogen-bond donors (Lipinski definition) is 1. The van der Waals surface area contributed by atoms with Gasteiger partial charge in [0.25, 0.3) is 5.69 Å². The van der Waals surface area contributed by atoms with Gasteiger partial charge in [-0.25, -0.2) is 0 Å². The summed E-state index contributed by atoms with van der Waals surface area (Å²) in [5.41, 5.74) is 3.57. The Hall–Kier alpha value is -4.17. The number of carbonyl (C=O) groups is 1. The number of hydrogen-bond acceptors (Lipinski definition) is 6. The molecule has 0 spiro atoms. The molecule has 1 N–H and O–H groups in total. The maximum atomic E-state index is 12.3. The first kappa shape index (κ1) is 21.7. The molecule has 0 radical (unpaired) electrons. The highest BCUT2D eigenvalue weighted by Gasteiger charge is 2.34. The zero-order valence-corrected chi connectivity index (χ0v) is 18.5. The number of carbonyl (C=O) groups excluding carboxylic acids is 1. The number of ether oxygens (including phenoxy) is 2. The van der Waals surface area contributed by atoms with Crippen molar-refractivity contribution in [2.75, 3.05) is 0 Å². The van der Waals surface area contributed by atoms with Crippen molar-refractivity contribution in [2.45, 2.75) is 18.9 Å². The lowest BCUT2D eigenvalue weighted by Gasteiger charge is -2.22. The summed E-state index contributed by atoms with van der Waals surface area (Å²) in [6.07, 6.45) is 0.119. The number of benzene rings is 3. The van der Waals surface area contributed by atoms with Gasteiger partial charge in [0.1, 0.15) is 12.4 Å². The monoisotopic (exact) mass is 475 g/mol. The molecule has 0 aliphatic carbocycles. The molecule has 1 aromatic heterocycles. The number of esters is 1. The van der Waals surface area contributed by atoms with Crippen molar-refractivity contribution in [3.8, 4) is 22.9 Å². The molecule has 4 aromatic rings. The lowest BCUT2D eigenvalue weighted by molar-refractivity contribution is -0.384. The minimum atomic E-state index is -0.453. The quantitative estimate of drug-likeness (QED) is 0.219. The predicted octanol–water partition coefficient (Wildman–Crippen LogP) is 5.66. The minimum absolute atomic E-state index is 0.0368. The fraction of sp³-hybridized carbons (Fsp3) is 0.120. The molecule has 170 valence electrons. The smallest absolute Gasteiger partial charge is 0.313 e. The van der Waals surface area contributed by atoms with Crippen LogP contribution in [-0.2, 0) is 11.4 Å². The number of aromatic nitrogens is 2. The van der Waals surface area contributed by atoms with E-state index in [0.717, 1.165) is 11.1 Å². The van der Waals surface area contributed by atoms with E-state index in [0.29, 0.717) is 34.2 Å². The summed E-state index contributed by atoms with van der Waals surface area (Å²) in [5, 5.41) is 18.9. The van der Waals surface area contributed by atoms with E-state index in [1.165, 1.54) is 12.1 Å². The van der Waals surface area contributed by atoms with E-state index in [-0.39, 0.29) is 23.9 Å². The number of nitrogens with zero attached hydrogens (tertiary/aromatic N) is 2. The lowest BCUT2D eigenvalue weighted by Crippen LogP contribution is -2.20. The first-order valence-electron chi connectivity index (χ1n) is 10.5. The molecule has 1 aliphatic heterocycles. The van der Waals surface area contributed by atoms with Crippen molar-refractivity contribution in [1.82, 2.24) is 10.2 Å². The van der Waals surface area contributed by atoms with Gasteiger partial charge in [-0.1, -0.05) is 54.1 Å². The summed E-state index contributed by atoms with van der Waals surface area (Å²) in [5.74, 6) is 0.116. The minimum Gasteiger partial charge on any atom is -0.489 e. The third-order valence-corrected chi connectivity index (χ3v) is 6.05. The summed E-state index contributed by atoms with van der Waals surface area (Å²) in [6.45, 7) is 0.331. The number of nitro groups is 1. The largest absolute Gasteiger partial charge is 0.489 e. The first-order valence-corrected chi connectivity index (χ1v) is 10.9. The summed E-state index contributed by atoms with van der Waals surface area (Å²) in [4.78, 5) is 23.0. The molecule has 34 heavy (non-hydrogen) atoms. The zero-order valence-electron chi connectivity index (χ0n) is 17.7. The van der Waals surface area contributed by atoms with Crippen LogP contribution >= 0.6 is 11.6 Å². The molecular weight excluding hydrogens is 458 g/mol. The van der Waals surface area contributed by atoms with Crippen LogP contribution in [0.2, 0.25) is 5.02 Å². The van der Waals surface area contributed by atoms with Crippen LogP contribution in [0.5, 0.6) is 11.6 Å². The van der Waals surface area contributed by atoms with Crippen molar-refractivity contribution in [3.63, 3.8) is 0 Å². The second kappa shape index (κ2) is 8.99. The van der Waals surface area contributed by atoms with Crippen LogP contribution in [0.3, 0.4) is 0 Å². The highest BCUT2D eigenvalue weighted by Crippen LogP contribution is 2.43.